The van der Waals surface area contributed by atoms with E-state index in [-0.39, 0.29) is 11.7 Å². The lowest BCUT2D eigenvalue weighted by Gasteiger charge is -2.28. The first-order valence-electron chi connectivity index (χ1n) is 9.65. The summed E-state index contributed by atoms with van der Waals surface area (Å²) in [4.78, 5) is 25.7. The number of carboxylic acid groups (broad SMARTS) is 1. The Labute approximate surface area is 154 Å². The van der Waals surface area contributed by atoms with E-state index in [9.17, 15) is 14.7 Å². The molecule has 2 aliphatic rings. The Kier molecular flexibility index (Phi) is 6.21. The largest absolute Gasteiger partial charge is 0.481 e. The van der Waals surface area contributed by atoms with Crippen LogP contribution in [0, 0.1) is 11.8 Å². The van der Waals surface area contributed by atoms with Crippen molar-refractivity contribution in [3.63, 3.8) is 0 Å². The van der Waals surface area contributed by atoms with E-state index in [0.717, 1.165) is 60.3 Å². The summed E-state index contributed by atoms with van der Waals surface area (Å²) >= 11 is 1.76. The molecule has 1 aromatic rings. The fourth-order valence-corrected chi connectivity index (χ4v) is 5.59. The van der Waals surface area contributed by atoms with E-state index in [1.807, 2.05) is 18.2 Å². The fraction of sp³-hybridized carbons (Fsp3) is 0.619. The Bertz CT molecular complexity index is 640. The lowest BCUT2D eigenvalue weighted by Crippen LogP contribution is -2.27. The molecule has 1 aliphatic heterocycles. The minimum atomic E-state index is -0.755. The fourth-order valence-electron chi connectivity index (χ4n) is 4.26. The Hall–Kier alpha value is -1.29. The Morgan fingerprint density at radius 2 is 2.08 bits per heavy atom. The Balaban J connectivity index is 1.85. The molecule has 1 saturated carbocycles. The zero-order valence-electron chi connectivity index (χ0n) is 15.0. The van der Waals surface area contributed by atoms with Crippen LogP contribution in [0.2, 0.25) is 0 Å². The molecular formula is C21H28O3S. The van der Waals surface area contributed by atoms with Crippen molar-refractivity contribution in [1.82, 2.24) is 0 Å². The molecule has 0 bridgehead atoms. The number of fused-ring (bicyclic) bond motifs is 2. The third-order valence-corrected chi connectivity index (χ3v) is 7.01. The highest BCUT2D eigenvalue weighted by atomic mass is 32.2. The molecule has 3 rings (SSSR count). The highest BCUT2D eigenvalue weighted by Crippen LogP contribution is 2.42. The van der Waals surface area contributed by atoms with Crippen molar-refractivity contribution in [3.05, 3.63) is 29.3 Å². The minimum absolute atomic E-state index is 0.174. The first-order valence-corrected chi connectivity index (χ1v) is 10.6. The number of thioether (sulfide) groups is 1. The van der Waals surface area contributed by atoms with Gasteiger partial charge in [0.15, 0.2) is 5.78 Å². The van der Waals surface area contributed by atoms with Crippen LogP contribution >= 0.6 is 11.8 Å². The average molecular weight is 361 g/mol. The highest BCUT2D eigenvalue weighted by molar-refractivity contribution is 7.99. The average Bonchev–Trinajstić information content (AvgIpc) is 2.76. The second kappa shape index (κ2) is 8.39. The summed E-state index contributed by atoms with van der Waals surface area (Å²) in [5.74, 6) is 0.720. The van der Waals surface area contributed by atoms with Crippen LogP contribution in [0.5, 0.6) is 0 Å². The van der Waals surface area contributed by atoms with Crippen molar-refractivity contribution in [2.45, 2.75) is 69.1 Å². The lowest BCUT2D eigenvalue weighted by atomic mass is 9.76. The molecule has 3 nitrogen and oxygen atoms in total. The van der Waals surface area contributed by atoms with Gasteiger partial charge in [-0.3, -0.25) is 9.59 Å². The third-order valence-electron chi connectivity index (χ3n) is 5.77. The Morgan fingerprint density at radius 3 is 2.84 bits per heavy atom. The van der Waals surface area contributed by atoms with Crippen LogP contribution in [0.3, 0.4) is 0 Å². The number of hydrogen-bond donors (Lipinski definition) is 1. The number of ketones is 1. The number of benzene rings is 1. The molecule has 0 saturated heterocycles. The van der Waals surface area contributed by atoms with Crippen LogP contribution in [0.1, 0.15) is 80.1 Å². The van der Waals surface area contributed by atoms with Gasteiger partial charge in [0.25, 0.3) is 0 Å². The predicted octanol–water partition coefficient (Wildman–Crippen LogP) is 5.53. The van der Waals surface area contributed by atoms with Gasteiger partial charge in [0.05, 0.1) is 5.92 Å². The van der Waals surface area contributed by atoms with E-state index in [2.05, 4.69) is 6.92 Å². The van der Waals surface area contributed by atoms with Crippen molar-refractivity contribution in [3.8, 4) is 0 Å². The first kappa shape index (κ1) is 18.5. The molecule has 4 heteroatoms. The summed E-state index contributed by atoms with van der Waals surface area (Å²) in [6.45, 7) is 2.12. The molecule has 3 atom stereocenters. The molecule has 1 aliphatic carbocycles. The van der Waals surface area contributed by atoms with Crippen LogP contribution in [0.25, 0.3) is 0 Å². The van der Waals surface area contributed by atoms with Crippen LogP contribution in [-0.2, 0) is 4.79 Å². The van der Waals surface area contributed by atoms with E-state index in [1.54, 1.807) is 11.8 Å². The topological polar surface area (TPSA) is 54.4 Å². The van der Waals surface area contributed by atoms with Crippen molar-refractivity contribution < 1.29 is 14.7 Å². The molecule has 0 radical (unpaired) electrons. The van der Waals surface area contributed by atoms with Crippen molar-refractivity contribution in [2.24, 2.45) is 11.8 Å². The van der Waals surface area contributed by atoms with Crippen molar-refractivity contribution in [2.75, 3.05) is 5.75 Å². The van der Waals surface area contributed by atoms with Crippen LogP contribution in [0.15, 0.2) is 23.1 Å². The van der Waals surface area contributed by atoms with Crippen molar-refractivity contribution in [1.29, 1.82) is 0 Å². The second-order valence-electron chi connectivity index (χ2n) is 7.47. The summed E-state index contributed by atoms with van der Waals surface area (Å²) in [5, 5.41) is 9.63. The van der Waals surface area contributed by atoms with Gasteiger partial charge in [-0.05, 0) is 42.9 Å². The molecular weight excluding hydrogens is 332 g/mol. The summed E-state index contributed by atoms with van der Waals surface area (Å²) in [6.07, 6.45) is 8.30. The summed E-state index contributed by atoms with van der Waals surface area (Å²) in [5.41, 5.74) is 1.67. The zero-order valence-corrected chi connectivity index (χ0v) is 15.8. The number of unbranched alkanes of at least 4 members (excludes halogenated alkanes) is 2. The minimum Gasteiger partial charge on any atom is -0.481 e. The van der Waals surface area contributed by atoms with Crippen LogP contribution in [-0.4, -0.2) is 22.6 Å². The van der Waals surface area contributed by atoms with Gasteiger partial charge in [-0.25, -0.2) is 0 Å². The van der Waals surface area contributed by atoms with Gasteiger partial charge in [0, 0.05) is 22.1 Å². The monoisotopic (exact) mass is 360 g/mol. The second-order valence-corrected chi connectivity index (χ2v) is 8.53. The molecule has 0 aromatic heterocycles. The van der Waals surface area contributed by atoms with Crippen LogP contribution < -0.4 is 0 Å². The van der Waals surface area contributed by atoms with E-state index < -0.39 is 11.9 Å². The maximum Gasteiger partial charge on any atom is 0.310 e. The SMILES string of the molecule is CCCCCC(C(=O)O)c1ccc2c(c1)SCC1CCCCC1C2=O. The normalized spacial score (nSPS) is 24.1. The molecule has 3 unspecified atom stereocenters. The first-order chi connectivity index (χ1) is 12.1. The maximum absolute atomic E-state index is 13.0. The molecule has 1 N–H and O–H groups in total. The van der Waals surface area contributed by atoms with E-state index >= 15 is 0 Å². The quantitative estimate of drug-likeness (QED) is 0.678. The lowest BCUT2D eigenvalue weighted by molar-refractivity contribution is -0.139. The van der Waals surface area contributed by atoms with Crippen molar-refractivity contribution >= 4 is 23.5 Å². The van der Waals surface area contributed by atoms with Gasteiger partial charge in [0.1, 0.15) is 0 Å². The molecule has 1 fully saturated rings. The molecule has 0 amide bonds. The number of carbonyl (C=O) groups is 2. The molecule has 0 spiro atoms. The van der Waals surface area contributed by atoms with E-state index in [1.165, 1.54) is 6.42 Å². The standard InChI is InChI=1S/C21H28O3S/c1-2-3-4-9-17(21(23)24)14-10-11-18-19(12-14)25-13-15-7-5-6-8-16(15)20(18)22/h10-12,15-17H,2-9,13H2,1H3,(H,23,24). The molecule has 1 aromatic carbocycles. The van der Waals surface area contributed by atoms with Gasteiger partial charge < -0.3 is 5.11 Å². The summed E-state index contributed by atoms with van der Waals surface area (Å²) < 4.78 is 0. The van der Waals surface area contributed by atoms with Gasteiger partial charge >= 0.3 is 5.97 Å². The smallest absolute Gasteiger partial charge is 0.310 e. The number of carbonyl (C=O) groups excluding carboxylic acids is 1. The maximum atomic E-state index is 13.0. The van der Waals surface area contributed by atoms with Gasteiger partial charge in [-0.2, -0.15) is 0 Å². The number of rotatable bonds is 6. The summed E-state index contributed by atoms with van der Waals surface area (Å²) in [6, 6.07) is 5.76. The van der Waals surface area contributed by atoms with Gasteiger partial charge in [-0.15, -0.1) is 11.8 Å². The van der Waals surface area contributed by atoms with Gasteiger partial charge in [0.2, 0.25) is 0 Å². The molecule has 1 heterocycles. The number of Topliss-reactive ketones (excluding diaryl/α,β-unsaturated/α-hetero) is 1. The number of aliphatic carboxylic acids is 1. The Morgan fingerprint density at radius 1 is 1.28 bits per heavy atom. The van der Waals surface area contributed by atoms with Gasteiger partial charge in [-0.1, -0.05) is 45.1 Å². The van der Waals surface area contributed by atoms with E-state index in [4.69, 9.17) is 0 Å². The van der Waals surface area contributed by atoms with Crippen LogP contribution in [0.4, 0.5) is 0 Å². The third kappa shape index (κ3) is 4.11. The molecule has 136 valence electrons. The van der Waals surface area contributed by atoms with E-state index in [0.29, 0.717) is 12.3 Å². The number of carboxylic acids is 1. The zero-order chi connectivity index (χ0) is 17.8. The number of hydrogen-bond acceptors (Lipinski definition) is 3. The molecule has 25 heavy (non-hydrogen) atoms. The highest BCUT2D eigenvalue weighted by Gasteiger charge is 2.35. The summed E-state index contributed by atoms with van der Waals surface area (Å²) in [7, 11) is 0. The predicted molar refractivity (Wildman–Crippen MR) is 101 cm³/mol.